The molecule has 0 spiro atoms. The van der Waals surface area contributed by atoms with E-state index in [-0.39, 0.29) is 0 Å². The van der Waals surface area contributed by atoms with E-state index in [1.54, 1.807) is 21.3 Å². The standard InChI is InChI=1S/C36H56O5SSi3/c1-8-43(6,35-24-14-10-15-25-35)40-29-19-12-13-22-34(28-32-42-31-21-33-45(37-3,38-4)39-5)23-18-20-30-41-44(7,9-2)36-26-16-11-17-27-36/h8-12,14-20,24-27,34H,1-2,13,21-23,28-33H2,3-7H3. The maximum Gasteiger partial charge on any atom is 0.500 e. The minimum Gasteiger partial charge on any atom is -0.405 e. The van der Waals surface area contributed by atoms with Crippen LogP contribution in [0.5, 0.6) is 0 Å². The van der Waals surface area contributed by atoms with Gasteiger partial charge in [0, 0.05) is 27.4 Å². The van der Waals surface area contributed by atoms with E-state index in [4.69, 9.17) is 22.1 Å². The lowest BCUT2D eigenvalue weighted by Crippen LogP contribution is -2.46. The van der Waals surface area contributed by atoms with Gasteiger partial charge in [-0.1, -0.05) is 96.4 Å². The first-order valence-electron chi connectivity index (χ1n) is 16.0. The van der Waals surface area contributed by atoms with E-state index < -0.39 is 25.4 Å². The molecular formula is C36H56O5SSi3. The second kappa shape index (κ2) is 21.9. The van der Waals surface area contributed by atoms with Crippen LogP contribution in [0.15, 0.2) is 110 Å². The largest absolute Gasteiger partial charge is 0.500 e. The van der Waals surface area contributed by atoms with Crippen LogP contribution in [0.25, 0.3) is 0 Å². The Kier molecular flexibility index (Phi) is 19.2. The molecule has 0 heterocycles. The van der Waals surface area contributed by atoms with Crippen molar-refractivity contribution in [3.63, 3.8) is 0 Å². The molecule has 0 saturated heterocycles. The third kappa shape index (κ3) is 13.8. The number of hydrogen-bond donors (Lipinski definition) is 0. The summed E-state index contributed by atoms with van der Waals surface area (Å²) in [5, 5.41) is 2.50. The summed E-state index contributed by atoms with van der Waals surface area (Å²) in [6.07, 6.45) is 14.4. The number of rotatable bonds is 25. The van der Waals surface area contributed by atoms with Crippen molar-refractivity contribution in [1.29, 1.82) is 0 Å². The molecule has 0 bridgehead atoms. The van der Waals surface area contributed by atoms with E-state index in [1.165, 1.54) is 16.8 Å². The molecule has 3 unspecified atom stereocenters. The molecule has 0 saturated carbocycles. The van der Waals surface area contributed by atoms with Gasteiger partial charge in [-0.05, 0) is 73.0 Å². The molecule has 45 heavy (non-hydrogen) atoms. The van der Waals surface area contributed by atoms with E-state index in [0.29, 0.717) is 19.1 Å². The summed E-state index contributed by atoms with van der Waals surface area (Å²) in [5.41, 5.74) is 4.03. The molecule has 0 amide bonds. The number of allylic oxidation sites excluding steroid dienone is 2. The average molecular weight is 685 g/mol. The third-order valence-electron chi connectivity index (χ3n) is 8.35. The van der Waals surface area contributed by atoms with Crippen LogP contribution in [-0.2, 0) is 22.1 Å². The van der Waals surface area contributed by atoms with E-state index in [0.717, 1.165) is 43.2 Å². The molecule has 5 nitrogen and oxygen atoms in total. The molecule has 2 aromatic carbocycles. The maximum absolute atomic E-state index is 6.39. The molecular weight excluding hydrogens is 629 g/mol. The Morgan fingerprint density at radius 1 is 0.689 bits per heavy atom. The van der Waals surface area contributed by atoms with Crippen LogP contribution in [-0.4, -0.2) is 71.5 Å². The molecule has 0 N–H and O–H groups in total. The summed E-state index contributed by atoms with van der Waals surface area (Å²) in [6.45, 7) is 13.8. The normalized spacial score (nSPS) is 15.6. The van der Waals surface area contributed by atoms with Gasteiger partial charge in [0.15, 0.2) is 0 Å². The Balaban J connectivity index is 1.86. The highest BCUT2D eigenvalue weighted by Gasteiger charge is 2.36. The molecule has 9 heteroatoms. The van der Waals surface area contributed by atoms with Crippen molar-refractivity contribution in [2.24, 2.45) is 5.92 Å². The van der Waals surface area contributed by atoms with Gasteiger partial charge in [0.1, 0.15) is 0 Å². The highest BCUT2D eigenvalue weighted by Crippen LogP contribution is 2.22. The van der Waals surface area contributed by atoms with Crippen molar-refractivity contribution in [1.82, 2.24) is 0 Å². The zero-order valence-electron chi connectivity index (χ0n) is 28.2. The summed E-state index contributed by atoms with van der Waals surface area (Å²) in [5.74, 6) is 2.83. The van der Waals surface area contributed by atoms with Crippen LogP contribution >= 0.6 is 11.8 Å². The summed E-state index contributed by atoms with van der Waals surface area (Å²) < 4.78 is 29.4. The predicted octanol–water partition coefficient (Wildman–Crippen LogP) is 7.73. The molecule has 0 aliphatic heterocycles. The predicted molar refractivity (Wildman–Crippen MR) is 201 cm³/mol. The second-order valence-corrected chi connectivity index (χ2v) is 22.7. The molecule has 2 aromatic rings. The van der Waals surface area contributed by atoms with Gasteiger partial charge in [-0.2, -0.15) is 11.8 Å². The molecule has 2 rings (SSSR count). The molecule has 3 atom stereocenters. The zero-order chi connectivity index (χ0) is 32.9. The Morgan fingerprint density at radius 2 is 1.20 bits per heavy atom. The van der Waals surface area contributed by atoms with Crippen LogP contribution in [0, 0.1) is 5.92 Å². The third-order valence-corrected chi connectivity index (χ3v) is 18.3. The maximum atomic E-state index is 6.39. The molecule has 0 radical (unpaired) electrons. The summed E-state index contributed by atoms with van der Waals surface area (Å²) in [7, 11) is -1.71. The summed E-state index contributed by atoms with van der Waals surface area (Å²) >= 11 is 2.01. The van der Waals surface area contributed by atoms with E-state index in [1.807, 2.05) is 35.3 Å². The van der Waals surface area contributed by atoms with Crippen LogP contribution in [0.2, 0.25) is 19.1 Å². The first-order valence-corrected chi connectivity index (χ1v) is 24.1. The fraction of sp³-hybridized carbons (Fsp3) is 0.444. The molecule has 0 aliphatic rings. The molecule has 0 aliphatic carbocycles. The van der Waals surface area contributed by atoms with Crippen LogP contribution in [0.1, 0.15) is 32.1 Å². The first-order chi connectivity index (χ1) is 21.8. The number of benzene rings is 2. The SMILES string of the molecule is C=C[Si](C)(OCC=CCCC(CC=CCO[Si](C)(C=C)c1ccccc1)CCSCCC[Si](OC)(OC)OC)c1ccccc1. The molecule has 0 aromatic heterocycles. The van der Waals surface area contributed by atoms with Gasteiger partial charge in [0.2, 0.25) is 16.6 Å². The van der Waals surface area contributed by atoms with Gasteiger partial charge in [-0.25, -0.2) is 0 Å². The minimum atomic E-state index is -2.48. The number of hydrogen-bond acceptors (Lipinski definition) is 6. The highest BCUT2D eigenvalue weighted by molar-refractivity contribution is 7.99. The van der Waals surface area contributed by atoms with Crippen molar-refractivity contribution in [3.8, 4) is 0 Å². The molecule has 248 valence electrons. The lowest BCUT2D eigenvalue weighted by molar-refractivity contribution is 0.123. The highest BCUT2D eigenvalue weighted by atomic mass is 32.2. The monoisotopic (exact) mass is 684 g/mol. The van der Waals surface area contributed by atoms with Crippen LogP contribution in [0.4, 0.5) is 0 Å². The Hall–Kier alpha value is -1.80. The van der Waals surface area contributed by atoms with Crippen molar-refractivity contribution in [3.05, 3.63) is 110 Å². The van der Waals surface area contributed by atoms with Gasteiger partial charge in [0.25, 0.3) is 0 Å². The van der Waals surface area contributed by atoms with Gasteiger partial charge in [-0.15, -0.1) is 13.2 Å². The average Bonchev–Trinajstić information content (AvgIpc) is 3.09. The van der Waals surface area contributed by atoms with E-state index >= 15 is 0 Å². The Morgan fingerprint density at radius 3 is 1.69 bits per heavy atom. The van der Waals surface area contributed by atoms with E-state index in [2.05, 4.69) is 99.1 Å². The van der Waals surface area contributed by atoms with Crippen LogP contribution < -0.4 is 10.4 Å². The second-order valence-electron chi connectivity index (χ2n) is 11.4. The van der Waals surface area contributed by atoms with Gasteiger partial charge >= 0.3 is 8.80 Å². The molecule has 0 fully saturated rings. The van der Waals surface area contributed by atoms with Gasteiger partial charge < -0.3 is 22.1 Å². The lowest BCUT2D eigenvalue weighted by atomic mass is 9.96. The van der Waals surface area contributed by atoms with Crippen molar-refractivity contribution < 1.29 is 22.1 Å². The Bertz CT molecular complexity index is 1140. The Labute approximate surface area is 281 Å². The lowest BCUT2D eigenvalue weighted by Gasteiger charge is -2.24. The fourth-order valence-corrected chi connectivity index (χ4v) is 11.7. The van der Waals surface area contributed by atoms with Gasteiger partial charge in [-0.3, -0.25) is 0 Å². The van der Waals surface area contributed by atoms with Crippen LogP contribution in [0.3, 0.4) is 0 Å². The fourth-order valence-electron chi connectivity index (χ4n) is 5.05. The minimum absolute atomic E-state index is 0.610. The smallest absolute Gasteiger partial charge is 0.405 e. The van der Waals surface area contributed by atoms with Gasteiger partial charge in [0.05, 0.1) is 13.2 Å². The zero-order valence-corrected chi connectivity index (χ0v) is 32.1. The summed E-state index contributed by atoms with van der Waals surface area (Å²) in [4.78, 5) is 0. The summed E-state index contributed by atoms with van der Waals surface area (Å²) in [6, 6.07) is 21.8. The quantitative estimate of drug-likeness (QED) is 0.0607. The number of thioether (sulfide) groups is 1. The van der Waals surface area contributed by atoms with E-state index in [9.17, 15) is 0 Å². The first kappa shape index (κ1) is 39.4. The topological polar surface area (TPSA) is 46.2 Å². The van der Waals surface area contributed by atoms with Crippen molar-refractivity contribution in [2.45, 2.75) is 51.2 Å². The van der Waals surface area contributed by atoms with Crippen molar-refractivity contribution >= 4 is 47.6 Å². The van der Waals surface area contributed by atoms with Crippen molar-refractivity contribution in [2.75, 3.05) is 46.0 Å².